The highest BCUT2D eigenvalue weighted by atomic mass is 16.5. The molecule has 4 heterocycles. The second-order valence-corrected chi connectivity index (χ2v) is 8.34. The molecule has 0 saturated carbocycles. The lowest BCUT2D eigenvalue weighted by Crippen LogP contribution is -2.37. The molecule has 2 aromatic heterocycles. The van der Waals surface area contributed by atoms with Gasteiger partial charge in [0.05, 0.1) is 32.1 Å². The number of anilines is 1. The normalized spacial score (nSPS) is 20.6. The Kier molecular flexibility index (Phi) is 6.34. The van der Waals surface area contributed by atoms with Crippen molar-refractivity contribution in [3.63, 3.8) is 0 Å². The zero-order chi connectivity index (χ0) is 20.9. The van der Waals surface area contributed by atoms with E-state index in [1.807, 2.05) is 24.7 Å². The number of ether oxygens (including phenoxy) is 2. The summed E-state index contributed by atoms with van der Waals surface area (Å²) >= 11 is 0. The van der Waals surface area contributed by atoms with E-state index in [2.05, 4.69) is 44.0 Å². The number of aromatic nitrogens is 3. The molecular formula is C24H29N5O2. The maximum atomic E-state index is 5.97. The molecule has 0 bridgehead atoms. The van der Waals surface area contributed by atoms with Crippen molar-refractivity contribution in [2.24, 2.45) is 5.92 Å². The summed E-state index contributed by atoms with van der Waals surface area (Å²) in [6.07, 6.45) is 6.70. The summed E-state index contributed by atoms with van der Waals surface area (Å²) in [6.45, 7) is 7.45. The fraction of sp³-hybridized carbons (Fsp3) is 0.458. The molecule has 31 heavy (non-hydrogen) atoms. The molecule has 0 aliphatic carbocycles. The molecule has 2 fully saturated rings. The van der Waals surface area contributed by atoms with Gasteiger partial charge in [0.25, 0.3) is 0 Å². The highest BCUT2D eigenvalue weighted by Gasteiger charge is 2.21. The van der Waals surface area contributed by atoms with E-state index < -0.39 is 0 Å². The summed E-state index contributed by atoms with van der Waals surface area (Å²) in [5, 5.41) is 2.49. The molecule has 0 radical (unpaired) electrons. The molecule has 2 aliphatic rings. The van der Waals surface area contributed by atoms with Gasteiger partial charge in [0.1, 0.15) is 0 Å². The Bertz CT molecular complexity index is 1000. The van der Waals surface area contributed by atoms with E-state index in [0.717, 1.165) is 77.2 Å². The third-order valence-corrected chi connectivity index (χ3v) is 6.08. The SMILES string of the molecule is c1cc(C[C@H]2COCCN(Cc3ccnc(N4CCOCC4)n3)C2)c2cnccc2c1. The first-order chi connectivity index (χ1) is 15.3. The zero-order valence-corrected chi connectivity index (χ0v) is 17.8. The molecule has 0 N–H and O–H groups in total. The van der Waals surface area contributed by atoms with Gasteiger partial charge in [-0.1, -0.05) is 18.2 Å². The van der Waals surface area contributed by atoms with Crippen LogP contribution in [0.5, 0.6) is 0 Å². The second kappa shape index (κ2) is 9.68. The van der Waals surface area contributed by atoms with Crippen LogP contribution >= 0.6 is 0 Å². The maximum absolute atomic E-state index is 5.97. The molecule has 7 nitrogen and oxygen atoms in total. The average Bonchev–Trinajstić information content (AvgIpc) is 3.05. The highest BCUT2D eigenvalue weighted by Crippen LogP contribution is 2.22. The number of nitrogens with zero attached hydrogens (tertiary/aromatic N) is 5. The fourth-order valence-electron chi connectivity index (χ4n) is 4.50. The molecule has 7 heteroatoms. The Morgan fingerprint density at radius 3 is 2.81 bits per heavy atom. The Morgan fingerprint density at radius 1 is 0.968 bits per heavy atom. The maximum Gasteiger partial charge on any atom is 0.225 e. The molecule has 1 aromatic carbocycles. The Hall–Kier alpha value is -2.61. The van der Waals surface area contributed by atoms with Crippen LogP contribution in [0, 0.1) is 5.92 Å². The van der Waals surface area contributed by atoms with Crippen LogP contribution in [0.15, 0.2) is 48.9 Å². The number of hydrogen-bond donors (Lipinski definition) is 0. The summed E-state index contributed by atoms with van der Waals surface area (Å²) in [5.41, 5.74) is 2.41. The van der Waals surface area contributed by atoms with Crippen molar-refractivity contribution in [3.8, 4) is 0 Å². The van der Waals surface area contributed by atoms with E-state index in [4.69, 9.17) is 14.5 Å². The van der Waals surface area contributed by atoms with E-state index in [-0.39, 0.29) is 0 Å². The number of pyridine rings is 1. The summed E-state index contributed by atoms with van der Waals surface area (Å²) in [4.78, 5) is 18.3. The van der Waals surface area contributed by atoms with Gasteiger partial charge in [0, 0.05) is 56.7 Å². The van der Waals surface area contributed by atoms with Crippen molar-refractivity contribution in [1.29, 1.82) is 0 Å². The summed E-state index contributed by atoms with van der Waals surface area (Å²) in [7, 11) is 0. The minimum Gasteiger partial charge on any atom is -0.380 e. The van der Waals surface area contributed by atoms with Crippen LogP contribution < -0.4 is 4.90 Å². The smallest absolute Gasteiger partial charge is 0.225 e. The summed E-state index contributed by atoms with van der Waals surface area (Å²) in [6, 6.07) is 10.6. The zero-order valence-electron chi connectivity index (χ0n) is 17.8. The fourth-order valence-corrected chi connectivity index (χ4v) is 4.50. The number of rotatable bonds is 5. The molecule has 0 amide bonds. The van der Waals surface area contributed by atoms with E-state index in [9.17, 15) is 0 Å². The first-order valence-electron chi connectivity index (χ1n) is 11.1. The van der Waals surface area contributed by atoms with Crippen molar-refractivity contribution in [2.75, 3.05) is 57.5 Å². The molecule has 162 valence electrons. The third-order valence-electron chi connectivity index (χ3n) is 6.08. The van der Waals surface area contributed by atoms with Gasteiger partial charge in [-0.3, -0.25) is 9.88 Å². The Morgan fingerprint density at radius 2 is 1.87 bits per heavy atom. The van der Waals surface area contributed by atoms with Crippen LogP contribution in [-0.4, -0.2) is 72.5 Å². The Balaban J connectivity index is 1.27. The molecule has 2 aliphatic heterocycles. The molecule has 0 spiro atoms. The standard InChI is InChI=1S/C24H29N5O2/c1-2-20-4-6-25-15-23(20)21(3-1)14-19-16-28(8-11-31-18-19)17-22-5-7-26-24(27-22)29-9-12-30-13-10-29/h1-7,15,19H,8-14,16-18H2/t19-/m1/s1. The van der Waals surface area contributed by atoms with Gasteiger partial charge in [-0.05, 0) is 35.4 Å². The largest absolute Gasteiger partial charge is 0.380 e. The van der Waals surface area contributed by atoms with Crippen LogP contribution in [-0.2, 0) is 22.4 Å². The van der Waals surface area contributed by atoms with Gasteiger partial charge in [-0.2, -0.15) is 0 Å². The van der Waals surface area contributed by atoms with E-state index in [1.165, 1.54) is 16.3 Å². The number of fused-ring (bicyclic) bond motifs is 1. The molecule has 1 atom stereocenters. The van der Waals surface area contributed by atoms with Crippen molar-refractivity contribution < 1.29 is 9.47 Å². The number of morpholine rings is 1. The van der Waals surface area contributed by atoms with E-state index in [1.54, 1.807) is 0 Å². The lowest BCUT2D eigenvalue weighted by atomic mass is 9.96. The van der Waals surface area contributed by atoms with Gasteiger partial charge >= 0.3 is 0 Å². The van der Waals surface area contributed by atoms with E-state index >= 15 is 0 Å². The number of benzene rings is 1. The summed E-state index contributed by atoms with van der Waals surface area (Å²) < 4.78 is 11.4. The highest BCUT2D eigenvalue weighted by molar-refractivity contribution is 5.84. The molecule has 3 aromatic rings. The van der Waals surface area contributed by atoms with Gasteiger partial charge in [-0.15, -0.1) is 0 Å². The Labute approximate surface area is 183 Å². The van der Waals surface area contributed by atoms with Crippen LogP contribution in [0.2, 0.25) is 0 Å². The minimum atomic E-state index is 0.439. The van der Waals surface area contributed by atoms with Crippen molar-refractivity contribution in [3.05, 3.63) is 60.2 Å². The average molecular weight is 420 g/mol. The van der Waals surface area contributed by atoms with Crippen LogP contribution in [0.4, 0.5) is 5.95 Å². The molecular weight excluding hydrogens is 390 g/mol. The first kappa shape index (κ1) is 20.3. The predicted molar refractivity (Wildman–Crippen MR) is 120 cm³/mol. The second-order valence-electron chi connectivity index (χ2n) is 8.34. The quantitative estimate of drug-likeness (QED) is 0.630. The van der Waals surface area contributed by atoms with Gasteiger partial charge in [0.15, 0.2) is 0 Å². The van der Waals surface area contributed by atoms with Gasteiger partial charge in [0.2, 0.25) is 5.95 Å². The molecule has 2 saturated heterocycles. The van der Waals surface area contributed by atoms with Crippen LogP contribution in [0.25, 0.3) is 10.8 Å². The van der Waals surface area contributed by atoms with Crippen LogP contribution in [0.3, 0.4) is 0 Å². The van der Waals surface area contributed by atoms with Crippen molar-refractivity contribution >= 4 is 16.7 Å². The van der Waals surface area contributed by atoms with E-state index in [0.29, 0.717) is 5.92 Å². The lowest BCUT2D eigenvalue weighted by Gasteiger charge is -2.27. The summed E-state index contributed by atoms with van der Waals surface area (Å²) in [5.74, 6) is 1.25. The third kappa shape index (κ3) is 5.01. The topological polar surface area (TPSA) is 63.6 Å². The first-order valence-corrected chi connectivity index (χ1v) is 11.1. The van der Waals surface area contributed by atoms with Gasteiger partial charge < -0.3 is 14.4 Å². The lowest BCUT2D eigenvalue weighted by molar-refractivity contribution is 0.121. The molecule has 5 rings (SSSR count). The molecule has 0 unspecified atom stereocenters. The minimum absolute atomic E-state index is 0.439. The van der Waals surface area contributed by atoms with Gasteiger partial charge in [-0.25, -0.2) is 9.97 Å². The predicted octanol–water partition coefficient (Wildman–Crippen LogP) is 2.55. The van der Waals surface area contributed by atoms with Crippen molar-refractivity contribution in [2.45, 2.75) is 13.0 Å². The van der Waals surface area contributed by atoms with Crippen LogP contribution in [0.1, 0.15) is 11.3 Å². The number of hydrogen-bond acceptors (Lipinski definition) is 7. The van der Waals surface area contributed by atoms with Crippen molar-refractivity contribution in [1.82, 2.24) is 19.9 Å². The monoisotopic (exact) mass is 419 g/mol.